The standard InChI is InChI=1S/C76H66N2O2.C6H12/c1-6-9-33-69(72(79)47-51-22-18-27-56(46-51)58-28-15-13-23-52(58)7-2)78(67-34-17-10-21-50(67)5)71-48-66(54-25-11-12-26-54)60-43-44-64-68(45-39-55-38-42-65(71)74(60)73(55)64)77(57-40-36-49(4)37-41-57)70-35-20-32-63-62-31-19-30-61(75(62)80-76(63)70)59-29-16-14-24-53(59)8-3;1-6-4-2-3-5-6/h6,9-10,13-24,27-48,54,79H,7-8,11-12,25-26H2,1-5H3;6H,2-5H2,1H3/b9-6-,69-33+,72-47-;. The van der Waals surface area contributed by atoms with Gasteiger partial charge in [-0.25, -0.2) is 0 Å². The number of para-hydroxylation sites is 3. The molecule has 0 radical (unpaired) electrons. The molecule has 0 aliphatic heterocycles. The lowest BCUT2D eigenvalue weighted by Crippen LogP contribution is -2.20. The Kier molecular flexibility index (Phi) is 15.9. The number of aliphatic hydroxyl groups is 1. The van der Waals surface area contributed by atoms with E-state index in [4.69, 9.17) is 4.42 Å². The molecule has 1 N–H and O–H groups in total. The van der Waals surface area contributed by atoms with Crippen LogP contribution in [-0.2, 0) is 12.8 Å². The molecule has 4 nitrogen and oxygen atoms in total. The summed E-state index contributed by atoms with van der Waals surface area (Å²) in [5.41, 5.74) is 19.4. The molecule has 0 bridgehead atoms. The molecule has 1 aromatic heterocycles. The van der Waals surface area contributed by atoms with Gasteiger partial charge in [0, 0.05) is 38.5 Å². The van der Waals surface area contributed by atoms with E-state index in [0.29, 0.717) is 11.6 Å². The monoisotopic (exact) mass is 1120 g/mol. The van der Waals surface area contributed by atoms with Crippen molar-refractivity contribution < 1.29 is 9.52 Å². The molecule has 0 atom stereocenters. The second-order valence-corrected chi connectivity index (χ2v) is 24.2. The number of aryl methyl sites for hydroxylation is 4. The van der Waals surface area contributed by atoms with Crippen LogP contribution in [0, 0.1) is 19.8 Å². The zero-order chi connectivity index (χ0) is 58.8. The van der Waals surface area contributed by atoms with Gasteiger partial charge in [-0.15, -0.1) is 0 Å². The minimum absolute atomic E-state index is 0.179. The van der Waals surface area contributed by atoms with Crippen molar-refractivity contribution in [2.75, 3.05) is 9.80 Å². The van der Waals surface area contributed by atoms with Crippen LogP contribution in [0.2, 0.25) is 0 Å². The van der Waals surface area contributed by atoms with Crippen molar-refractivity contribution in [3.63, 3.8) is 0 Å². The van der Waals surface area contributed by atoms with Gasteiger partial charge in [-0.3, -0.25) is 0 Å². The lowest BCUT2D eigenvalue weighted by molar-refractivity contribution is 0.427. The van der Waals surface area contributed by atoms with E-state index < -0.39 is 0 Å². The highest BCUT2D eigenvalue weighted by atomic mass is 16.3. The lowest BCUT2D eigenvalue weighted by atomic mass is 9.85. The average Bonchev–Trinajstić information content (AvgIpc) is 0.895. The predicted molar refractivity (Wildman–Crippen MR) is 369 cm³/mol. The quantitative estimate of drug-likeness (QED) is 0.0669. The van der Waals surface area contributed by atoms with Crippen molar-refractivity contribution in [3.8, 4) is 22.3 Å². The molecule has 12 aromatic rings. The van der Waals surface area contributed by atoms with Crippen molar-refractivity contribution in [2.24, 2.45) is 5.92 Å². The molecule has 2 fully saturated rings. The molecule has 2 aliphatic carbocycles. The maximum atomic E-state index is 12.9. The third-order valence-corrected chi connectivity index (χ3v) is 18.6. The van der Waals surface area contributed by atoms with Crippen LogP contribution in [0.3, 0.4) is 0 Å². The third kappa shape index (κ3) is 10.5. The molecule has 14 rings (SSSR count). The number of allylic oxidation sites excluding steroid dienone is 3. The van der Waals surface area contributed by atoms with Crippen molar-refractivity contribution in [2.45, 2.75) is 112 Å². The Morgan fingerprint density at radius 1 is 0.535 bits per heavy atom. The molecule has 4 heteroatoms. The number of rotatable bonds is 14. The molecular weight excluding hydrogens is 1040 g/mol. The summed E-state index contributed by atoms with van der Waals surface area (Å²) >= 11 is 0. The van der Waals surface area contributed by atoms with Crippen LogP contribution in [0.4, 0.5) is 28.4 Å². The normalized spacial score (nSPS) is 14.4. The maximum absolute atomic E-state index is 12.9. The molecule has 0 saturated heterocycles. The van der Waals surface area contributed by atoms with Gasteiger partial charge in [0.1, 0.15) is 11.3 Å². The maximum Gasteiger partial charge on any atom is 0.159 e. The van der Waals surface area contributed by atoms with Crippen LogP contribution in [-0.4, -0.2) is 5.11 Å². The van der Waals surface area contributed by atoms with E-state index in [2.05, 4.69) is 251 Å². The number of benzene rings is 11. The van der Waals surface area contributed by atoms with Crippen molar-refractivity contribution in [1.82, 2.24) is 0 Å². The van der Waals surface area contributed by atoms with Crippen LogP contribution in [0.15, 0.2) is 234 Å². The molecule has 0 spiro atoms. The van der Waals surface area contributed by atoms with Gasteiger partial charge in [0.25, 0.3) is 0 Å². The first-order valence-electron chi connectivity index (χ1n) is 31.6. The average molecular weight is 1120 g/mol. The van der Waals surface area contributed by atoms with Crippen LogP contribution in [0.5, 0.6) is 0 Å². The zero-order valence-electron chi connectivity index (χ0n) is 50.8. The summed E-state index contributed by atoms with van der Waals surface area (Å²) in [7, 11) is 0. The van der Waals surface area contributed by atoms with E-state index >= 15 is 0 Å². The van der Waals surface area contributed by atoms with Gasteiger partial charge in [-0.2, -0.15) is 0 Å². The van der Waals surface area contributed by atoms with Crippen molar-refractivity contribution in [1.29, 1.82) is 0 Å². The molecule has 1 heterocycles. The van der Waals surface area contributed by atoms with E-state index in [-0.39, 0.29) is 5.76 Å². The van der Waals surface area contributed by atoms with Crippen LogP contribution in [0.1, 0.15) is 118 Å². The fourth-order valence-electron chi connectivity index (χ4n) is 14.2. The first-order valence-corrected chi connectivity index (χ1v) is 31.6. The smallest absolute Gasteiger partial charge is 0.159 e. The van der Waals surface area contributed by atoms with Gasteiger partial charge in [0.2, 0.25) is 0 Å². The second-order valence-electron chi connectivity index (χ2n) is 24.2. The van der Waals surface area contributed by atoms with E-state index in [0.717, 1.165) is 115 Å². The van der Waals surface area contributed by atoms with E-state index in [1.54, 1.807) is 0 Å². The van der Waals surface area contributed by atoms with Crippen molar-refractivity contribution in [3.05, 3.63) is 263 Å². The highest BCUT2D eigenvalue weighted by molar-refractivity contribution is 6.29. The SMILES string of the molecule is CC1CCCC1.C\C=C/C=C(\C(O)=C\c1cccc(-c2ccccc2CC)c1)N(c1ccccc1C)c1cc(C2CCCC2)c2ccc3c(N(c4ccc(C)cc4)c4cccc5c4oc4c(-c6ccccc6CC)cccc45)ccc4ccc1c2c43. The summed E-state index contributed by atoms with van der Waals surface area (Å²) in [6.07, 6.45) is 20.6. The summed E-state index contributed by atoms with van der Waals surface area (Å²) in [5.74, 6) is 1.61. The fourth-order valence-corrected chi connectivity index (χ4v) is 14.2. The van der Waals surface area contributed by atoms with E-state index in [1.165, 1.54) is 93.5 Å². The third-order valence-electron chi connectivity index (χ3n) is 18.6. The van der Waals surface area contributed by atoms with Crippen LogP contribution < -0.4 is 9.80 Å². The van der Waals surface area contributed by atoms with Gasteiger partial charge in [0.15, 0.2) is 5.58 Å². The highest BCUT2D eigenvalue weighted by Gasteiger charge is 2.30. The number of hydrogen-bond donors (Lipinski definition) is 1. The summed E-state index contributed by atoms with van der Waals surface area (Å²) in [5, 5.41) is 22.3. The van der Waals surface area contributed by atoms with Gasteiger partial charge >= 0.3 is 0 Å². The number of furan rings is 1. The minimum atomic E-state index is 0.179. The Labute approximate surface area is 508 Å². The van der Waals surface area contributed by atoms with Crippen LogP contribution in [0.25, 0.3) is 82.6 Å². The number of aliphatic hydroxyl groups excluding tert-OH is 1. The Balaban J connectivity index is 0.00000108. The Hall–Kier alpha value is -9.12. The molecule has 428 valence electrons. The topological polar surface area (TPSA) is 39.9 Å². The largest absolute Gasteiger partial charge is 0.506 e. The summed E-state index contributed by atoms with van der Waals surface area (Å²) in [4.78, 5) is 4.75. The van der Waals surface area contributed by atoms with E-state index in [9.17, 15) is 5.11 Å². The fraction of sp³-hybridized carbons (Fsp3) is 0.220. The number of anilines is 5. The molecule has 86 heavy (non-hydrogen) atoms. The Morgan fingerprint density at radius 3 is 1.88 bits per heavy atom. The molecule has 2 saturated carbocycles. The molecular formula is C82H78N2O2. The summed E-state index contributed by atoms with van der Waals surface area (Å²) in [6, 6.07) is 73.1. The predicted octanol–water partition coefficient (Wildman–Crippen LogP) is 24.1. The second kappa shape index (κ2) is 24.5. The van der Waals surface area contributed by atoms with Crippen molar-refractivity contribution >= 4 is 88.8 Å². The molecule has 11 aromatic carbocycles. The number of nitrogens with zero attached hydrogens (tertiary/aromatic N) is 2. The first-order chi connectivity index (χ1) is 42.2. The highest BCUT2D eigenvalue weighted by Crippen LogP contribution is 2.52. The summed E-state index contributed by atoms with van der Waals surface area (Å²) < 4.78 is 7.27. The van der Waals surface area contributed by atoms with Gasteiger partial charge < -0.3 is 19.3 Å². The molecule has 0 amide bonds. The minimum Gasteiger partial charge on any atom is -0.506 e. The van der Waals surface area contributed by atoms with Gasteiger partial charge in [-0.1, -0.05) is 235 Å². The summed E-state index contributed by atoms with van der Waals surface area (Å²) in [6.45, 7) is 13.1. The zero-order valence-corrected chi connectivity index (χ0v) is 50.8. The number of hydrogen-bond acceptors (Lipinski definition) is 4. The Morgan fingerprint density at radius 2 is 1.15 bits per heavy atom. The van der Waals surface area contributed by atoms with E-state index in [1.807, 2.05) is 25.2 Å². The van der Waals surface area contributed by atoms with Crippen LogP contribution >= 0.6 is 0 Å². The number of fused-ring (bicyclic) bond motifs is 3. The first kappa shape index (κ1) is 56.0. The van der Waals surface area contributed by atoms with Gasteiger partial charge in [-0.05, 0) is 179 Å². The Bertz CT molecular complexity index is 4520. The molecule has 0 unspecified atom stereocenters. The molecule has 2 aliphatic rings. The van der Waals surface area contributed by atoms with Gasteiger partial charge in [0.05, 0.1) is 22.8 Å². The lowest BCUT2D eigenvalue weighted by Gasteiger charge is -2.32.